The van der Waals surface area contributed by atoms with E-state index in [2.05, 4.69) is 4.72 Å². The van der Waals surface area contributed by atoms with E-state index >= 15 is 0 Å². The molecule has 2 N–H and O–H groups in total. The normalized spacial score (nSPS) is 13.9. The number of sulfonamides is 1. The van der Waals surface area contributed by atoms with Crippen LogP contribution in [0.1, 0.15) is 45.4 Å². The summed E-state index contributed by atoms with van der Waals surface area (Å²) < 4.78 is 36.4. The monoisotopic (exact) mass is 255 g/mol. The number of unbranched alkanes of at least 4 members (excludes halogenated alkanes) is 5. The highest BCUT2D eigenvalue weighted by atomic mass is 32.2. The van der Waals surface area contributed by atoms with Crippen molar-refractivity contribution < 1.29 is 17.9 Å². The first-order valence-electron chi connectivity index (χ1n) is 5.72. The summed E-state index contributed by atoms with van der Waals surface area (Å²) >= 11 is 0. The van der Waals surface area contributed by atoms with Crippen LogP contribution in [0.25, 0.3) is 0 Å². The van der Waals surface area contributed by atoms with Crippen LogP contribution in [-0.2, 0) is 10.0 Å². The van der Waals surface area contributed by atoms with E-state index in [1.165, 1.54) is 6.92 Å². The maximum atomic E-state index is 11.7. The minimum Gasteiger partial charge on any atom is -0.378 e. The van der Waals surface area contributed by atoms with Gasteiger partial charge < -0.3 is 5.11 Å². The van der Waals surface area contributed by atoms with Gasteiger partial charge in [-0.1, -0.05) is 25.7 Å². The standard InChI is InChI=1S/C10H22FNO3S/c1-10(13)12-16(14,15)9-7-5-3-2-4-6-8-11/h10,12-13H,2-9H2,1H3. The smallest absolute Gasteiger partial charge is 0.213 e. The topological polar surface area (TPSA) is 66.4 Å². The lowest BCUT2D eigenvalue weighted by Crippen LogP contribution is -2.33. The molecule has 98 valence electrons. The van der Waals surface area contributed by atoms with Crippen LogP contribution < -0.4 is 4.72 Å². The number of halogens is 1. The van der Waals surface area contributed by atoms with Crippen LogP contribution in [0.4, 0.5) is 4.39 Å². The summed E-state index contributed by atoms with van der Waals surface area (Å²) in [5, 5.41) is 8.86. The van der Waals surface area contributed by atoms with Gasteiger partial charge in [0.25, 0.3) is 0 Å². The van der Waals surface area contributed by atoms with Crippen LogP contribution in [0.5, 0.6) is 0 Å². The molecule has 0 saturated heterocycles. The molecule has 0 rings (SSSR count). The maximum absolute atomic E-state index is 11.7. The lowest BCUT2D eigenvalue weighted by Gasteiger charge is -2.08. The molecule has 4 nitrogen and oxygen atoms in total. The Balaban J connectivity index is 3.44. The Hall–Kier alpha value is -0.200. The molecule has 0 aromatic carbocycles. The first-order valence-corrected chi connectivity index (χ1v) is 7.37. The van der Waals surface area contributed by atoms with Crippen molar-refractivity contribution in [1.29, 1.82) is 0 Å². The molecule has 0 spiro atoms. The molecule has 0 aliphatic carbocycles. The average Bonchev–Trinajstić information content (AvgIpc) is 2.14. The van der Waals surface area contributed by atoms with Crippen molar-refractivity contribution in [2.45, 2.75) is 51.7 Å². The molecule has 0 radical (unpaired) electrons. The quantitative estimate of drug-likeness (QED) is 0.460. The van der Waals surface area contributed by atoms with Gasteiger partial charge >= 0.3 is 0 Å². The van der Waals surface area contributed by atoms with Crippen molar-refractivity contribution in [1.82, 2.24) is 4.72 Å². The van der Waals surface area contributed by atoms with Gasteiger partial charge in [-0.05, 0) is 19.8 Å². The van der Waals surface area contributed by atoms with E-state index in [9.17, 15) is 12.8 Å². The Labute approximate surface area is 97.3 Å². The van der Waals surface area contributed by atoms with Gasteiger partial charge in [0.05, 0.1) is 12.4 Å². The van der Waals surface area contributed by atoms with Gasteiger partial charge in [0.15, 0.2) is 0 Å². The third kappa shape index (κ3) is 10.3. The molecule has 0 fully saturated rings. The summed E-state index contributed by atoms with van der Waals surface area (Å²) in [5.41, 5.74) is 0. The van der Waals surface area contributed by atoms with Gasteiger partial charge in [-0.2, -0.15) is 4.72 Å². The maximum Gasteiger partial charge on any atom is 0.213 e. The summed E-state index contributed by atoms with van der Waals surface area (Å²) in [4.78, 5) is 0. The Morgan fingerprint density at radius 1 is 1.12 bits per heavy atom. The largest absolute Gasteiger partial charge is 0.378 e. The Kier molecular flexibility index (Phi) is 8.78. The minimum absolute atomic E-state index is 0.0427. The van der Waals surface area contributed by atoms with Crippen LogP contribution in [0.2, 0.25) is 0 Å². The van der Waals surface area contributed by atoms with Crippen LogP contribution in [0.15, 0.2) is 0 Å². The number of aliphatic hydroxyl groups is 1. The van der Waals surface area contributed by atoms with E-state index in [0.717, 1.165) is 25.7 Å². The zero-order valence-corrected chi connectivity index (χ0v) is 10.6. The van der Waals surface area contributed by atoms with E-state index in [4.69, 9.17) is 5.11 Å². The number of hydrogen-bond acceptors (Lipinski definition) is 3. The fourth-order valence-electron chi connectivity index (χ4n) is 1.41. The summed E-state index contributed by atoms with van der Waals surface area (Å²) in [6.45, 7) is 1.10. The number of nitrogens with one attached hydrogen (secondary N) is 1. The number of aliphatic hydroxyl groups excluding tert-OH is 1. The number of alkyl halides is 1. The molecule has 1 atom stereocenters. The highest BCUT2D eigenvalue weighted by Gasteiger charge is 2.11. The highest BCUT2D eigenvalue weighted by molar-refractivity contribution is 7.89. The third-order valence-electron chi connectivity index (χ3n) is 2.15. The van der Waals surface area contributed by atoms with Crippen LogP contribution in [-0.4, -0.2) is 32.2 Å². The van der Waals surface area contributed by atoms with Crippen molar-refractivity contribution >= 4 is 10.0 Å². The van der Waals surface area contributed by atoms with Crippen molar-refractivity contribution in [3.8, 4) is 0 Å². The molecule has 0 bridgehead atoms. The second-order valence-corrected chi connectivity index (χ2v) is 5.80. The van der Waals surface area contributed by atoms with Gasteiger partial charge in [-0.3, -0.25) is 4.39 Å². The first-order chi connectivity index (χ1) is 7.48. The molecule has 6 heteroatoms. The molecule has 0 heterocycles. The molecule has 0 aromatic heterocycles. The predicted octanol–water partition coefficient (Wildman–Crippen LogP) is 1.55. The molecule has 0 saturated carbocycles. The number of rotatable bonds is 10. The molecule has 1 unspecified atom stereocenters. The summed E-state index contributed by atoms with van der Waals surface area (Å²) in [6.07, 6.45) is 3.73. The van der Waals surface area contributed by atoms with Crippen molar-refractivity contribution in [2.24, 2.45) is 0 Å². The summed E-state index contributed by atoms with van der Waals surface area (Å²) in [5.74, 6) is 0.0427. The Bertz CT molecular complexity index is 255. The minimum atomic E-state index is -3.34. The zero-order valence-electron chi connectivity index (χ0n) is 9.78. The van der Waals surface area contributed by atoms with Gasteiger partial charge in [-0.15, -0.1) is 0 Å². The second kappa shape index (κ2) is 8.90. The van der Waals surface area contributed by atoms with E-state index < -0.39 is 16.3 Å². The fourth-order valence-corrected chi connectivity index (χ4v) is 2.63. The van der Waals surface area contributed by atoms with E-state index in [1.807, 2.05) is 0 Å². The third-order valence-corrected chi connectivity index (χ3v) is 3.67. The van der Waals surface area contributed by atoms with Gasteiger partial charge in [0.2, 0.25) is 10.0 Å². The molecule has 16 heavy (non-hydrogen) atoms. The molecule has 0 aliphatic heterocycles. The van der Waals surface area contributed by atoms with E-state index in [1.54, 1.807) is 0 Å². The van der Waals surface area contributed by atoms with Crippen molar-refractivity contribution in [3.63, 3.8) is 0 Å². The molecular formula is C10H22FNO3S. The van der Waals surface area contributed by atoms with Gasteiger partial charge in [0.1, 0.15) is 6.23 Å². The summed E-state index contributed by atoms with van der Waals surface area (Å²) in [6, 6.07) is 0. The Morgan fingerprint density at radius 3 is 2.12 bits per heavy atom. The molecule has 0 aromatic rings. The Morgan fingerprint density at radius 2 is 1.62 bits per heavy atom. The number of hydrogen-bond donors (Lipinski definition) is 2. The predicted molar refractivity (Wildman–Crippen MR) is 62.3 cm³/mol. The van der Waals surface area contributed by atoms with E-state index in [-0.39, 0.29) is 12.4 Å². The van der Waals surface area contributed by atoms with Crippen LogP contribution in [0, 0.1) is 0 Å². The lowest BCUT2D eigenvalue weighted by molar-refractivity contribution is 0.184. The average molecular weight is 255 g/mol. The fraction of sp³-hybridized carbons (Fsp3) is 1.00. The zero-order chi connectivity index (χ0) is 12.4. The SMILES string of the molecule is CC(O)NS(=O)(=O)CCCCCCCCF. The summed E-state index contributed by atoms with van der Waals surface area (Å²) in [7, 11) is -3.34. The first kappa shape index (κ1) is 15.8. The van der Waals surface area contributed by atoms with Gasteiger partial charge in [0, 0.05) is 0 Å². The molecule has 0 amide bonds. The molecular weight excluding hydrogens is 233 g/mol. The second-order valence-electron chi connectivity index (χ2n) is 3.92. The lowest BCUT2D eigenvalue weighted by atomic mass is 10.1. The van der Waals surface area contributed by atoms with Crippen molar-refractivity contribution in [2.75, 3.05) is 12.4 Å². The van der Waals surface area contributed by atoms with Gasteiger partial charge in [-0.25, -0.2) is 8.42 Å². The van der Waals surface area contributed by atoms with Crippen LogP contribution >= 0.6 is 0 Å². The van der Waals surface area contributed by atoms with Crippen molar-refractivity contribution in [3.05, 3.63) is 0 Å². The van der Waals surface area contributed by atoms with E-state index in [0.29, 0.717) is 12.8 Å². The highest BCUT2D eigenvalue weighted by Crippen LogP contribution is 2.06. The molecule has 0 aliphatic rings. The van der Waals surface area contributed by atoms with Crippen LogP contribution in [0.3, 0.4) is 0 Å².